The molecule has 0 radical (unpaired) electrons. The number of carbonyl (C=O) groups excluding carboxylic acids is 1. The smallest absolute Gasteiger partial charge is 0.252 e. The average molecular weight is 478 g/mol. The molecule has 1 heterocycles. The van der Waals surface area contributed by atoms with Crippen LogP contribution in [0.1, 0.15) is 43.4 Å². The highest BCUT2D eigenvalue weighted by molar-refractivity contribution is 5.97. The maximum Gasteiger partial charge on any atom is 0.252 e. The second-order valence-electron chi connectivity index (χ2n) is 9.37. The molecule has 7 heteroatoms. The van der Waals surface area contributed by atoms with E-state index in [1.165, 1.54) is 29.3 Å². The van der Waals surface area contributed by atoms with Gasteiger partial charge >= 0.3 is 0 Å². The predicted octanol–water partition coefficient (Wildman–Crippen LogP) is 5.35. The number of carbonyl (C=O) groups is 1. The third-order valence-electron chi connectivity index (χ3n) is 6.12. The number of hydrogen-bond donors (Lipinski definition) is 1. The summed E-state index contributed by atoms with van der Waals surface area (Å²) in [4.78, 5) is 14.1. The number of benzene rings is 3. The molecule has 0 spiro atoms. The van der Waals surface area contributed by atoms with E-state index >= 15 is 0 Å². The molecule has 1 unspecified atom stereocenters. The van der Waals surface area contributed by atoms with Crippen LogP contribution in [0, 0.1) is 17.0 Å². The predicted molar refractivity (Wildman–Crippen MR) is 131 cm³/mol. The first-order valence-electron chi connectivity index (χ1n) is 11.6. The van der Waals surface area contributed by atoms with Gasteiger partial charge in [0.05, 0.1) is 0 Å². The minimum atomic E-state index is -1.25. The van der Waals surface area contributed by atoms with Gasteiger partial charge in [0.1, 0.15) is 11.6 Å². The van der Waals surface area contributed by atoms with Gasteiger partial charge in [0, 0.05) is 23.0 Å². The van der Waals surface area contributed by atoms with Gasteiger partial charge in [-0.25, -0.2) is 8.78 Å². The van der Waals surface area contributed by atoms with E-state index in [-0.39, 0.29) is 17.6 Å². The van der Waals surface area contributed by atoms with Crippen LogP contribution >= 0.6 is 0 Å². The number of nitrogens with two attached hydrogens (primary N) is 1. The molecule has 0 saturated carbocycles. The summed E-state index contributed by atoms with van der Waals surface area (Å²) in [5.41, 5.74) is 5.52. The summed E-state index contributed by atoms with van der Waals surface area (Å²) >= 11 is 0. The molecular weight excluding hydrogens is 448 g/mol. The Hall–Kier alpha value is -3.58. The summed E-state index contributed by atoms with van der Waals surface area (Å²) in [6.45, 7) is 3.99. The second-order valence-corrected chi connectivity index (χ2v) is 9.37. The second kappa shape index (κ2) is 9.96. The lowest BCUT2D eigenvalue weighted by Gasteiger charge is -2.39. The van der Waals surface area contributed by atoms with Crippen molar-refractivity contribution in [1.29, 1.82) is 0 Å². The molecule has 1 aliphatic rings. The van der Waals surface area contributed by atoms with Crippen molar-refractivity contribution < 1.29 is 18.3 Å². The Morgan fingerprint density at radius 2 is 1.69 bits per heavy atom. The summed E-state index contributed by atoms with van der Waals surface area (Å²) in [5, 5.41) is 5.98. The highest BCUT2D eigenvalue weighted by Gasteiger charge is 2.52. The van der Waals surface area contributed by atoms with Crippen molar-refractivity contribution in [2.24, 2.45) is 16.3 Å². The molecule has 1 atom stereocenters. The Morgan fingerprint density at radius 3 is 2.34 bits per heavy atom. The molecule has 0 bridgehead atoms. The van der Waals surface area contributed by atoms with Gasteiger partial charge in [0.2, 0.25) is 11.6 Å². The van der Waals surface area contributed by atoms with Crippen molar-refractivity contribution >= 4 is 11.8 Å². The first-order chi connectivity index (χ1) is 16.7. The van der Waals surface area contributed by atoms with Gasteiger partial charge in [-0.3, -0.25) is 4.79 Å². The molecule has 0 aromatic heterocycles. The molecule has 3 aromatic carbocycles. The van der Waals surface area contributed by atoms with Crippen LogP contribution in [0.25, 0.3) is 0 Å². The van der Waals surface area contributed by atoms with Crippen molar-refractivity contribution in [3.63, 3.8) is 0 Å². The van der Waals surface area contributed by atoms with Crippen LogP contribution in [0.2, 0.25) is 0 Å². The van der Waals surface area contributed by atoms with E-state index in [0.717, 1.165) is 5.56 Å². The first kappa shape index (κ1) is 24.5. The van der Waals surface area contributed by atoms with Crippen LogP contribution in [0.3, 0.4) is 0 Å². The fraction of sp³-hybridized carbons (Fsp3) is 0.286. The Kier molecular flexibility index (Phi) is 6.98. The van der Waals surface area contributed by atoms with E-state index in [1.807, 2.05) is 30.3 Å². The van der Waals surface area contributed by atoms with Crippen molar-refractivity contribution in [1.82, 2.24) is 5.01 Å². The van der Waals surface area contributed by atoms with Gasteiger partial charge in [0.15, 0.2) is 0 Å². The zero-order valence-corrected chi connectivity index (χ0v) is 19.9. The quantitative estimate of drug-likeness (QED) is 0.476. The maximum absolute atomic E-state index is 14.1. The van der Waals surface area contributed by atoms with E-state index in [4.69, 9.17) is 10.5 Å². The summed E-state index contributed by atoms with van der Waals surface area (Å²) in [6.07, 6.45) is 1.25. The number of hydrazone groups is 1. The Labute approximate surface area is 204 Å². The lowest BCUT2D eigenvalue weighted by atomic mass is 9.83. The zero-order chi connectivity index (χ0) is 25.1. The Morgan fingerprint density at radius 1 is 1.00 bits per heavy atom. The van der Waals surface area contributed by atoms with Gasteiger partial charge in [-0.05, 0) is 55.3 Å². The monoisotopic (exact) mass is 477 g/mol. The lowest BCUT2D eigenvalue weighted by molar-refractivity contribution is -0.162. The van der Waals surface area contributed by atoms with E-state index in [9.17, 15) is 13.6 Å². The van der Waals surface area contributed by atoms with Crippen LogP contribution in [-0.4, -0.2) is 23.4 Å². The minimum Gasteiger partial charge on any atom is -0.443 e. The summed E-state index contributed by atoms with van der Waals surface area (Å²) in [5.74, 6) is -0.935. The molecule has 2 N–H and O–H groups in total. The average Bonchev–Trinajstić information content (AvgIpc) is 3.23. The van der Waals surface area contributed by atoms with Crippen LogP contribution in [0.4, 0.5) is 8.78 Å². The number of rotatable bonds is 8. The molecule has 0 aliphatic carbocycles. The molecular formula is C28H29F2N3O2. The van der Waals surface area contributed by atoms with Crippen LogP contribution in [0.5, 0.6) is 0 Å². The lowest BCUT2D eigenvalue weighted by Crippen LogP contribution is -2.50. The normalized spacial score (nSPS) is 17.7. The molecule has 1 aliphatic heterocycles. The van der Waals surface area contributed by atoms with E-state index in [2.05, 4.69) is 5.10 Å². The number of hydrogen-bond acceptors (Lipinski definition) is 4. The molecule has 35 heavy (non-hydrogen) atoms. The third kappa shape index (κ3) is 5.10. The fourth-order valence-electron chi connectivity index (χ4n) is 4.39. The Bertz CT molecular complexity index is 1230. The van der Waals surface area contributed by atoms with Crippen molar-refractivity contribution in [2.75, 3.05) is 6.54 Å². The number of amides is 1. The van der Waals surface area contributed by atoms with E-state index in [0.29, 0.717) is 36.9 Å². The SMILES string of the molecule is CC(C)(Cc1cccc(F)c1)C(=O)N1N=C(c2cccc(F)c2)OC1(CCCN)c1ccccc1. The topological polar surface area (TPSA) is 67.9 Å². The van der Waals surface area contributed by atoms with E-state index in [1.54, 1.807) is 38.1 Å². The molecule has 4 rings (SSSR count). The van der Waals surface area contributed by atoms with Crippen LogP contribution < -0.4 is 5.73 Å². The van der Waals surface area contributed by atoms with Gasteiger partial charge in [-0.2, -0.15) is 5.01 Å². The van der Waals surface area contributed by atoms with Gasteiger partial charge < -0.3 is 10.5 Å². The summed E-state index contributed by atoms with van der Waals surface area (Å²) in [6, 6.07) is 21.5. The number of nitrogens with zero attached hydrogens (tertiary/aromatic N) is 2. The highest BCUT2D eigenvalue weighted by atomic mass is 19.1. The van der Waals surface area contributed by atoms with Gasteiger partial charge in [-0.15, -0.1) is 5.10 Å². The molecule has 0 saturated heterocycles. The summed E-state index contributed by atoms with van der Waals surface area (Å²) in [7, 11) is 0. The molecule has 0 fully saturated rings. The highest BCUT2D eigenvalue weighted by Crippen LogP contribution is 2.43. The molecule has 3 aromatic rings. The van der Waals surface area contributed by atoms with Crippen molar-refractivity contribution in [3.05, 3.63) is 107 Å². The first-order valence-corrected chi connectivity index (χ1v) is 11.6. The maximum atomic E-state index is 14.1. The number of ether oxygens (including phenoxy) is 1. The summed E-state index contributed by atoms with van der Waals surface area (Å²) < 4.78 is 34.3. The minimum absolute atomic E-state index is 0.153. The number of halogens is 2. The van der Waals surface area contributed by atoms with Crippen molar-refractivity contribution in [3.8, 4) is 0 Å². The van der Waals surface area contributed by atoms with Crippen molar-refractivity contribution in [2.45, 2.75) is 38.8 Å². The van der Waals surface area contributed by atoms with Crippen LogP contribution in [-0.2, 0) is 21.7 Å². The molecule has 1 amide bonds. The zero-order valence-electron chi connectivity index (χ0n) is 19.9. The van der Waals surface area contributed by atoms with Gasteiger partial charge in [-0.1, -0.05) is 62.4 Å². The third-order valence-corrected chi connectivity index (χ3v) is 6.12. The molecule has 182 valence electrons. The van der Waals surface area contributed by atoms with E-state index < -0.39 is 17.0 Å². The fourth-order valence-corrected chi connectivity index (χ4v) is 4.39. The molecule has 5 nitrogen and oxygen atoms in total. The standard InChI is InChI=1S/C28H29F2N3O2/c1-27(2,19-20-9-6-13-23(29)17-20)26(34)33-28(15-8-16-31,22-11-4-3-5-12-22)35-25(32-33)21-10-7-14-24(30)18-21/h3-7,9-14,17-18H,8,15-16,19,31H2,1-2H3. The Balaban J connectivity index is 1.79. The van der Waals surface area contributed by atoms with Gasteiger partial charge in [0.25, 0.3) is 5.91 Å². The largest absolute Gasteiger partial charge is 0.443 e. The van der Waals surface area contributed by atoms with Crippen LogP contribution in [0.15, 0.2) is 84.0 Å².